The highest BCUT2D eigenvalue weighted by atomic mass is 35.5. The van der Waals surface area contributed by atoms with Crippen molar-refractivity contribution in [2.75, 3.05) is 20.1 Å². The molecule has 0 saturated carbocycles. The molecule has 1 amide bonds. The normalized spacial score (nSPS) is 13.3. The zero-order chi connectivity index (χ0) is 17.5. The molecule has 0 radical (unpaired) electrons. The van der Waals surface area contributed by atoms with Crippen LogP contribution in [0.1, 0.15) is 24.0 Å². The summed E-state index contributed by atoms with van der Waals surface area (Å²) in [5.41, 5.74) is 2.29. The lowest BCUT2D eigenvalue weighted by atomic mass is 10.0. The van der Waals surface area contributed by atoms with Gasteiger partial charge >= 0.3 is 0 Å². The highest BCUT2D eigenvalue weighted by Gasteiger charge is 2.13. The minimum atomic E-state index is 0.0512. The fourth-order valence-corrected chi connectivity index (χ4v) is 2.88. The molecule has 0 fully saturated rings. The first kappa shape index (κ1) is 18.8. The third-order valence-corrected chi connectivity index (χ3v) is 4.67. The molecule has 0 heterocycles. The molecule has 2 atom stereocenters. The molecule has 128 valence electrons. The maximum absolute atomic E-state index is 12.1. The Labute approximate surface area is 153 Å². The summed E-state index contributed by atoms with van der Waals surface area (Å²) < 4.78 is 0. The van der Waals surface area contributed by atoms with Crippen LogP contribution in [0.3, 0.4) is 0 Å². The van der Waals surface area contributed by atoms with E-state index in [2.05, 4.69) is 24.4 Å². The Morgan fingerprint density at radius 3 is 2.50 bits per heavy atom. The Morgan fingerprint density at radius 1 is 1.12 bits per heavy atom. The molecule has 0 aliphatic heterocycles. The number of hydrogen-bond donors (Lipinski definition) is 2. The lowest BCUT2D eigenvalue weighted by molar-refractivity contribution is -0.885. The van der Waals surface area contributed by atoms with E-state index >= 15 is 0 Å². The first-order valence-electron chi connectivity index (χ1n) is 8.02. The van der Waals surface area contributed by atoms with Crippen molar-refractivity contribution in [2.45, 2.75) is 19.4 Å². The molecule has 0 bridgehead atoms. The number of benzene rings is 2. The van der Waals surface area contributed by atoms with Gasteiger partial charge in [0.05, 0.1) is 17.1 Å². The number of amides is 1. The van der Waals surface area contributed by atoms with Gasteiger partial charge in [-0.1, -0.05) is 66.5 Å². The fourth-order valence-electron chi connectivity index (χ4n) is 2.56. The molecule has 1 unspecified atom stereocenters. The van der Waals surface area contributed by atoms with Crippen molar-refractivity contribution in [3.05, 3.63) is 69.7 Å². The quantitative estimate of drug-likeness (QED) is 0.776. The zero-order valence-electron chi connectivity index (χ0n) is 14.0. The summed E-state index contributed by atoms with van der Waals surface area (Å²) in [5.74, 6) is 0.348. The summed E-state index contributed by atoms with van der Waals surface area (Å²) in [7, 11) is 1.99. The first-order chi connectivity index (χ1) is 11.5. The van der Waals surface area contributed by atoms with Crippen molar-refractivity contribution >= 4 is 29.1 Å². The minimum absolute atomic E-state index is 0.0512. The van der Waals surface area contributed by atoms with E-state index in [0.717, 1.165) is 17.0 Å². The van der Waals surface area contributed by atoms with Crippen LogP contribution < -0.4 is 10.2 Å². The maximum atomic E-state index is 12.1. The predicted octanol–water partition coefficient (Wildman–Crippen LogP) is 2.93. The van der Waals surface area contributed by atoms with Crippen molar-refractivity contribution in [1.82, 2.24) is 5.32 Å². The van der Waals surface area contributed by atoms with E-state index in [0.29, 0.717) is 29.1 Å². The number of rotatable bonds is 7. The summed E-state index contributed by atoms with van der Waals surface area (Å²) in [6.07, 6.45) is 0. The van der Waals surface area contributed by atoms with Crippen LogP contribution in [0.5, 0.6) is 0 Å². The maximum Gasteiger partial charge on any atom is 0.275 e. The van der Waals surface area contributed by atoms with Crippen molar-refractivity contribution in [3.63, 3.8) is 0 Å². The minimum Gasteiger partial charge on any atom is -0.351 e. The van der Waals surface area contributed by atoms with Crippen LogP contribution in [0.2, 0.25) is 10.0 Å². The predicted molar refractivity (Wildman–Crippen MR) is 99.8 cm³/mol. The van der Waals surface area contributed by atoms with Crippen molar-refractivity contribution < 1.29 is 9.69 Å². The smallest absolute Gasteiger partial charge is 0.275 e. The van der Waals surface area contributed by atoms with E-state index < -0.39 is 0 Å². The van der Waals surface area contributed by atoms with Gasteiger partial charge in [-0.15, -0.1) is 0 Å². The number of nitrogens with one attached hydrogen (secondary N) is 2. The summed E-state index contributed by atoms with van der Waals surface area (Å²) in [5, 5.41) is 4.10. The van der Waals surface area contributed by atoms with Gasteiger partial charge in [0.1, 0.15) is 6.54 Å². The van der Waals surface area contributed by atoms with Gasteiger partial charge in [-0.25, -0.2) is 0 Å². The molecule has 2 rings (SSSR count). The zero-order valence-corrected chi connectivity index (χ0v) is 15.5. The lowest BCUT2D eigenvalue weighted by Crippen LogP contribution is -3.08. The van der Waals surface area contributed by atoms with Crippen molar-refractivity contribution in [3.8, 4) is 0 Å². The Hall–Kier alpha value is -1.55. The highest BCUT2D eigenvalue weighted by molar-refractivity contribution is 6.42. The largest absolute Gasteiger partial charge is 0.351 e. The fraction of sp³-hybridized carbons (Fsp3) is 0.316. The van der Waals surface area contributed by atoms with Crippen LogP contribution in [0.4, 0.5) is 0 Å². The van der Waals surface area contributed by atoms with Crippen LogP contribution >= 0.6 is 23.2 Å². The van der Waals surface area contributed by atoms with Crippen LogP contribution in [-0.2, 0) is 11.3 Å². The second kappa shape index (κ2) is 9.07. The molecule has 0 aromatic heterocycles. The molecule has 0 saturated heterocycles. The van der Waals surface area contributed by atoms with Gasteiger partial charge in [0, 0.05) is 12.1 Å². The number of quaternary nitrogens is 1. The summed E-state index contributed by atoms with van der Waals surface area (Å²) in [6, 6.07) is 15.8. The van der Waals surface area contributed by atoms with Gasteiger partial charge in [0.15, 0.2) is 6.54 Å². The monoisotopic (exact) mass is 365 g/mol. The van der Waals surface area contributed by atoms with Gasteiger partial charge in [-0.2, -0.15) is 0 Å². The molecular weight excluding hydrogens is 343 g/mol. The number of hydrogen-bond acceptors (Lipinski definition) is 1. The molecule has 24 heavy (non-hydrogen) atoms. The molecule has 2 aromatic rings. The van der Waals surface area contributed by atoms with E-state index in [4.69, 9.17) is 23.2 Å². The number of carbonyl (C=O) groups is 1. The molecule has 2 N–H and O–H groups in total. The molecule has 0 aliphatic carbocycles. The topological polar surface area (TPSA) is 33.5 Å². The Kier molecular flexibility index (Phi) is 7.10. The van der Waals surface area contributed by atoms with Crippen LogP contribution in [0, 0.1) is 0 Å². The van der Waals surface area contributed by atoms with Crippen LogP contribution in [0.15, 0.2) is 48.5 Å². The Bertz CT molecular complexity index is 676. The summed E-state index contributed by atoms with van der Waals surface area (Å²) in [6.45, 7) is 3.89. The summed E-state index contributed by atoms with van der Waals surface area (Å²) in [4.78, 5) is 13.2. The molecular formula is C19H23Cl2N2O+. The Balaban J connectivity index is 1.78. The molecule has 0 aliphatic rings. The third kappa shape index (κ3) is 5.82. The molecule has 5 heteroatoms. The standard InChI is InChI=1S/C19H22Cl2N2O/c1-14(16-6-4-3-5-7-16)11-22-19(24)13-23(2)12-15-8-9-17(20)18(21)10-15/h3-10,14H,11-13H2,1-2H3,(H,22,24)/p+1/t14-/m0/s1. The van der Waals surface area contributed by atoms with E-state index in [-0.39, 0.29) is 5.91 Å². The second-order valence-corrected chi connectivity index (χ2v) is 6.99. The van der Waals surface area contributed by atoms with E-state index in [1.807, 2.05) is 37.4 Å². The van der Waals surface area contributed by atoms with Gasteiger partial charge in [0.2, 0.25) is 0 Å². The highest BCUT2D eigenvalue weighted by Crippen LogP contribution is 2.22. The van der Waals surface area contributed by atoms with Gasteiger partial charge in [0.25, 0.3) is 5.91 Å². The van der Waals surface area contributed by atoms with E-state index in [1.54, 1.807) is 6.07 Å². The third-order valence-electron chi connectivity index (χ3n) is 3.93. The van der Waals surface area contributed by atoms with Crippen molar-refractivity contribution in [2.24, 2.45) is 0 Å². The molecule has 0 spiro atoms. The number of halogens is 2. The van der Waals surface area contributed by atoms with Gasteiger partial charge in [-0.05, 0) is 23.6 Å². The van der Waals surface area contributed by atoms with Gasteiger partial charge < -0.3 is 10.2 Å². The summed E-state index contributed by atoms with van der Waals surface area (Å²) >= 11 is 11.9. The van der Waals surface area contributed by atoms with Crippen LogP contribution in [-0.4, -0.2) is 26.0 Å². The number of likely N-dealkylation sites (N-methyl/N-ethyl adjacent to an activating group) is 1. The molecule has 3 nitrogen and oxygen atoms in total. The lowest BCUT2D eigenvalue weighted by Gasteiger charge is -2.16. The van der Waals surface area contributed by atoms with Crippen molar-refractivity contribution in [1.29, 1.82) is 0 Å². The SMILES string of the molecule is C[C@@H](CNC(=O)C[NH+](C)Cc1ccc(Cl)c(Cl)c1)c1ccccc1. The van der Waals surface area contributed by atoms with E-state index in [1.165, 1.54) is 5.56 Å². The Morgan fingerprint density at radius 2 is 1.83 bits per heavy atom. The first-order valence-corrected chi connectivity index (χ1v) is 8.78. The van der Waals surface area contributed by atoms with E-state index in [9.17, 15) is 4.79 Å². The average molecular weight is 366 g/mol. The van der Waals surface area contributed by atoms with Gasteiger partial charge in [-0.3, -0.25) is 4.79 Å². The second-order valence-electron chi connectivity index (χ2n) is 6.17. The number of carbonyl (C=O) groups excluding carboxylic acids is 1. The molecule has 2 aromatic carbocycles. The van der Waals surface area contributed by atoms with Crippen LogP contribution in [0.25, 0.3) is 0 Å². The average Bonchev–Trinajstić information content (AvgIpc) is 2.56.